The number of nitrogens with two attached hydrogens (primary N) is 1. The Bertz CT molecular complexity index is 452. The molecular formula is C15H25N3O3. The average Bonchev–Trinajstić information content (AvgIpc) is 2.49. The van der Waals surface area contributed by atoms with E-state index in [0.717, 1.165) is 13.1 Å². The summed E-state index contributed by atoms with van der Waals surface area (Å²) in [7, 11) is 3.25. The topological polar surface area (TPSA) is 76.8 Å². The second-order valence-electron chi connectivity index (χ2n) is 4.68. The van der Waals surface area contributed by atoms with E-state index >= 15 is 0 Å². The number of nitrogens with one attached hydrogen (secondary N) is 1. The quantitative estimate of drug-likeness (QED) is 0.676. The SMILES string of the molecule is CCN(CCOC)CCC(=O)Nc1ccc(OC)cc1N. The molecule has 118 valence electrons. The Hall–Kier alpha value is -1.79. The van der Waals surface area contributed by atoms with Gasteiger partial charge in [0.05, 0.1) is 25.1 Å². The van der Waals surface area contributed by atoms with E-state index in [4.69, 9.17) is 15.2 Å². The summed E-state index contributed by atoms with van der Waals surface area (Å²) in [5, 5.41) is 2.82. The Morgan fingerprint density at radius 1 is 1.33 bits per heavy atom. The van der Waals surface area contributed by atoms with Crippen molar-refractivity contribution in [2.75, 3.05) is 51.5 Å². The third kappa shape index (κ3) is 6.01. The zero-order valence-corrected chi connectivity index (χ0v) is 13.0. The van der Waals surface area contributed by atoms with Gasteiger partial charge in [-0.2, -0.15) is 0 Å². The van der Waals surface area contributed by atoms with Gasteiger partial charge in [-0.1, -0.05) is 6.92 Å². The molecule has 0 bridgehead atoms. The van der Waals surface area contributed by atoms with Gasteiger partial charge in [-0.25, -0.2) is 0 Å². The Morgan fingerprint density at radius 2 is 2.10 bits per heavy atom. The monoisotopic (exact) mass is 295 g/mol. The minimum Gasteiger partial charge on any atom is -0.497 e. The maximum Gasteiger partial charge on any atom is 0.225 e. The molecule has 21 heavy (non-hydrogen) atoms. The van der Waals surface area contributed by atoms with Gasteiger partial charge in [-0.05, 0) is 18.7 Å². The van der Waals surface area contributed by atoms with Crippen LogP contribution in [0.5, 0.6) is 5.75 Å². The Balaban J connectivity index is 2.46. The van der Waals surface area contributed by atoms with Gasteiger partial charge < -0.3 is 25.4 Å². The van der Waals surface area contributed by atoms with Crippen molar-refractivity contribution in [3.63, 3.8) is 0 Å². The van der Waals surface area contributed by atoms with Gasteiger partial charge in [0.1, 0.15) is 5.75 Å². The summed E-state index contributed by atoms with van der Waals surface area (Å²) in [6, 6.07) is 5.20. The third-order valence-electron chi connectivity index (χ3n) is 3.25. The highest BCUT2D eigenvalue weighted by Gasteiger charge is 2.09. The van der Waals surface area contributed by atoms with E-state index in [1.807, 2.05) is 0 Å². The highest BCUT2D eigenvalue weighted by Crippen LogP contribution is 2.24. The molecule has 0 spiro atoms. The fourth-order valence-electron chi connectivity index (χ4n) is 1.90. The molecule has 0 aliphatic carbocycles. The summed E-state index contributed by atoms with van der Waals surface area (Å²) in [6.07, 6.45) is 0.420. The molecule has 6 nitrogen and oxygen atoms in total. The number of rotatable bonds is 9. The van der Waals surface area contributed by atoms with Crippen molar-refractivity contribution in [3.8, 4) is 5.75 Å². The fraction of sp³-hybridized carbons (Fsp3) is 0.533. The molecule has 0 heterocycles. The van der Waals surface area contributed by atoms with Gasteiger partial charge in [0.25, 0.3) is 0 Å². The standard InChI is InChI=1S/C15H25N3O3/c1-4-18(9-10-20-2)8-7-15(19)17-14-6-5-12(21-3)11-13(14)16/h5-6,11H,4,7-10,16H2,1-3H3,(H,17,19). The summed E-state index contributed by atoms with van der Waals surface area (Å²) in [4.78, 5) is 14.1. The highest BCUT2D eigenvalue weighted by molar-refractivity contribution is 5.94. The van der Waals surface area contributed by atoms with Crippen LogP contribution >= 0.6 is 0 Å². The molecule has 0 radical (unpaired) electrons. The van der Waals surface area contributed by atoms with Crippen LogP contribution in [-0.4, -0.2) is 51.3 Å². The minimum atomic E-state index is -0.0530. The smallest absolute Gasteiger partial charge is 0.225 e. The molecule has 1 amide bonds. The molecule has 0 fully saturated rings. The lowest BCUT2D eigenvalue weighted by molar-refractivity contribution is -0.116. The van der Waals surface area contributed by atoms with E-state index in [1.165, 1.54) is 0 Å². The number of nitrogens with zero attached hydrogens (tertiary/aromatic N) is 1. The molecule has 1 aromatic rings. The van der Waals surface area contributed by atoms with E-state index in [1.54, 1.807) is 32.4 Å². The number of carbonyl (C=O) groups is 1. The molecule has 0 atom stereocenters. The maximum absolute atomic E-state index is 12.0. The van der Waals surface area contributed by atoms with Crippen LogP contribution < -0.4 is 15.8 Å². The van der Waals surface area contributed by atoms with Crippen LogP contribution in [0.15, 0.2) is 18.2 Å². The van der Waals surface area contributed by atoms with Crippen LogP contribution in [0.2, 0.25) is 0 Å². The van der Waals surface area contributed by atoms with Crippen molar-refractivity contribution in [1.29, 1.82) is 0 Å². The Labute approximate surface area is 126 Å². The number of methoxy groups -OCH3 is 2. The maximum atomic E-state index is 12.0. The van der Waals surface area contributed by atoms with Gasteiger partial charge >= 0.3 is 0 Å². The van der Waals surface area contributed by atoms with Crippen molar-refractivity contribution in [2.45, 2.75) is 13.3 Å². The summed E-state index contributed by atoms with van der Waals surface area (Å²) in [6.45, 7) is 5.14. The lowest BCUT2D eigenvalue weighted by atomic mass is 10.2. The molecule has 0 aromatic heterocycles. The van der Waals surface area contributed by atoms with Crippen molar-refractivity contribution >= 4 is 17.3 Å². The van der Waals surface area contributed by atoms with Crippen LogP contribution in [0.3, 0.4) is 0 Å². The Morgan fingerprint density at radius 3 is 2.67 bits per heavy atom. The number of hydrogen-bond acceptors (Lipinski definition) is 5. The van der Waals surface area contributed by atoms with Gasteiger partial charge in [-0.3, -0.25) is 4.79 Å². The number of anilines is 2. The number of carbonyl (C=O) groups excluding carboxylic acids is 1. The summed E-state index contributed by atoms with van der Waals surface area (Å²) < 4.78 is 10.1. The number of likely N-dealkylation sites (N-methyl/N-ethyl adjacent to an activating group) is 1. The first kappa shape index (κ1) is 17.3. The van der Waals surface area contributed by atoms with E-state index in [2.05, 4.69) is 17.1 Å². The largest absolute Gasteiger partial charge is 0.497 e. The molecular weight excluding hydrogens is 270 g/mol. The van der Waals surface area contributed by atoms with Gasteiger partial charge in [0, 0.05) is 32.7 Å². The molecule has 1 aromatic carbocycles. The highest BCUT2D eigenvalue weighted by atomic mass is 16.5. The van der Waals surface area contributed by atoms with E-state index in [0.29, 0.717) is 36.7 Å². The normalized spacial score (nSPS) is 10.7. The van der Waals surface area contributed by atoms with E-state index < -0.39 is 0 Å². The molecule has 0 saturated carbocycles. The first-order valence-electron chi connectivity index (χ1n) is 7.05. The molecule has 0 saturated heterocycles. The van der Waals surface area contributed by atoms with E-state index in [-0.39, 0.29) is 5.91 Å². The number of hydrogen-bond donors (Lipinski definition) is 2. The first-order chi connectivity index (χ1) is 10.1. The zero-order chi connectivity index (χ0) is 15.7. The van der Waals surface area contributed by atoms with Crippen LogP contribution in [-0.2, 0) is 9.53 Å². The predicted octanol–water partition coefficient (Wildman–Crippen LogP) is 1.57. The lowest BCUT2D eigenvalue weighted by Crippen LogP contribution is -2.30. The molecule has 3 N–H and O–H groups in total. The van der Waals surface area contributed by atoms with Crippen LogP contribution in [0.1, 0.15) is 13.3 Å². The van der Waals surface area contributed by atoms with Crippen molar-refractivity contribution in [2.24, 2.45) is 0 Å². The second-order valence-corrected chi connectivity index (χ2v) is 4.68. The van der Waals surface area contributed by atoms with Crippen LogP contribution in [0, 0.1) is 0 Å². The Kier molecular flexibility index (Phi) is 7.56. The summed E-state index contributed by atoms with van der Waals surface area (Å²) in [5.41, 5.74) is 6.98. The second kappa shape index (κ2) is 9.20. The van der Waals surface area contributed by atoms with Crippen molar-refractivity contribution in [1.82, 2.24) is 4.90 Å². The molecule has 0 unspecified atom stereocenters. The molecule has 1 rings (SSSR count). The van der Waals surface area contributed by atoms with Crippen LogP contribution in [0.4, 0.5) is 11.4 Å². The first-order valence-corrected chi connectivity index (χ1v) is 7.05. The summed E-state index contributed by atoms with van der Waals surface area (Å²) >= 11 is 0. The minimum absolute atomic E-state index is 0.0530. The lowest BCUT2D eigenvalue weighted by Gasteiger charge is -2.19. The molecule has 6 heteroatoms. The number of ether oxygens (including phenoxy) is 2. The molecule has 0 aliphatic rings. The van der Waals surface area contributed by atoms with Crippen molar-refractivity contribution in [3.05, 3.63) is 18.2 Å². The fourth-order valence-corrected chi connectivity index (χ4v) is 1.90. The molecule has 0 aliphatic heterocycles. The zero-order valence-electron chi connectivity index (χ0n) is 13.0. The van der Waals surface area contributed by atoms with E-state index in [9.17, 15) is 4.79 Å². The van der Waals surface area contributed by atoms with Gasteiger partial charge in [0.15, 0.2) is 0 Å². The number of benzene rings is 1. The number of nitrogen functional groups attached to an aromatic ring is 1. The predicted molar refractivity (Wildman–Crippen MR) is 84.6 cm³/mol. The van der Waals surface area contributed by atoms with Gasteiger partial charge in [-0.15, -0.1) is 0 Å². The van der Waals surface area contributed by atoms with Crippen LogP contribution in [0.25, 0.3) is 0 Å². The van der Waals surface area contributed by atoms with Gasteiger partial charge in [0.2, 0.25) is 5.91 Å². The van der Waals surface area contributed by atoms with Crippen molar-refractivity contribution < 1.29 is 14.3 Å². The average molecular weight is 295 g/mol. The summed E-state index contributed by atoms with van der Waals surface area (Å²) in [5.74, 6) is 0.616. The number of amides is 1. The third-order valence-corrected chi connectivity index (χ3v) is 3.25.